The maximum Gasteiger partial charge on any atom is 0.405 e. The molecule has 4 aromatic rings. The zero-order valence-corrected chi connectivity index (χ0v) is 14.7. The Kier molecular flexibility index (Phi) is 4.06. The molecule has 0 aliphatic carbocycles. The van der Waals surface area contributed by atoms with Gasteiger partial charge < -0.3 is 5.32 Å². The molecule has 138 valence electrons. The standard InChI is InChI=1S/C17H12F3N5OS/c1-9-2-4-10(5-3-9)25-8-22-13-12-11(27-14(13)16(25)26)6-23-24-15(12)21-7-17(18,19)20/h2-6,8H,7H2,1H3,(H,21,24). The molecule has 0 spiro atoms. The van der Waals surface area contributed by atoms with Crippen molar-refractivity contribution in [2.24, 2.45) is 0 Å². The van der Waals surface area contributed by atoms with Crippen LogP contribution in [-0.2, 0) is 0 Å². The van der Waals surface area contributed by atoms with Gasteiger partial charge in [-0.05, 0) is 19.1 Å². The fraction of sp³-hybridized carbons (Fsp3) is 0.176. The van der Waals surface area contributed by atoms with Crippen LogP contribution in [0.1, 0.15) is 5.56 Å². The van der Waals surface area contributed by atoms with E-state index in [1.807, 2.05) is 19.1 Å². The average Bonchev–Trinajstić information content (AvgIpc) is 3.01. The number of hydrogen-bond acceptors (Lipinski definition) is 6. The van der Waals surface area contributed by atoms with Crippen LogP contribution >= 0.6 is 11.3 Å². The molecule has 6 nitrogen and oxygen atoms in total. The van der Waals surface area contributed by atoms with E-state index in [0.29, 0.717) is 26.0 Å². The molecule has 0 radical (unpaired) electrons. The Hall–Kier alpha value is -3.01. The third-order valence-corrected chi connectivity index (χ3v) is 5.07. The van der Waals surface area contributed by atoms with Gasteiger partial charge in [0.2, 0.25) is 0 Å². The van der Waals surface area contributed by atoms with Crippen molar-refractivity contribution < 1.29 is 13.2 Å². The van der Waals surface area contributed by atoms with Crippen LogP contribution in [0.4, 0.5) is 19.0 Å². The fourth-order valence-corrected chi connectivity index (χ4v) is 3.74. The predicted octanol–water partition coefficient (Wildman–Crippen LogP) is 3.67. The molecule has 0 aliphatic rings. The highest BCUT2D eigenvalue weighted by Gasteiger charge is 2.28. The lowest BCUT2D eigenvalue weighted by molar-refractivity contribution is -0.115. The summed E-state index contributed by atoms with van der Waals surface area (Å²) in [4.78, 5) is 17.2. The van der Waals surface area contributed by atoms with Crippen LogP contribution in [0.3, 0.4) is 0 Å². The lowest BCUT2D eigenvalue weighted by Crippen LogP contribution is -2.22. The molecule has 1 N–H and O–H groups in total. The first-order chi connectivity index (χ1) is 12.8. The number of hydrogen-bond donors (Lipinski definition) is 1. The Labute approximate surface area is 154 Å². The van der Waals surface area contributed by atoms with Crippen molar-refractivity contribution in [3.63, 3.8) is 0 Å². The highest BCUT2D eigenvalue weighted by molar-refractivity contribution is 7.25. The third-order valence-electron chi connectivity index (χ3n) is 3.96. The van der Waals surface area contributed by atoms with Gasteiger partial charge in [-0.2, -0.15) is 18.3 Å². The van der Waals surface area contributed by atoms with E-state index in [9.17, 15) is 18.0 Å². The molecule has 0 atom stereocenters. The minimum Gasteiger partial charge on any atom is -0.359 e. The molecule has 0 saturated heterocycles. The SMILES string of the molecule is Cc1ccc(-n2cnc3c(sc4cnnc(NCC(F)(F)F)c43)c2=O)cc1. The van der Waals surface area contributed by atoms with Gasteiger partial charge in [0, 0.05) is 0 Å². The maximum absolute atomic E-state index is 12.9. The van der Waals surface area contributed by atoms with E-state index in [1.54, 1.807) is 12.1 Å². The lowest BCUT2D eigenvalue weighted by atomic mass is 10.2. The van der Waals surface area contributed by atoms with Crippen LogP contribution in [-0.4, -0.2) is 32.5 Å². The molecule has 3 aromatic heterocycles. The molecular weight excluding hydrogens is 379 g/mol. The van der Waals surface area contributed by atoms with Crippen molar-refractivity contribution in [3.8, 4) is 5.69 Å². The molecule has 0 unspecified atom stereocenters. The van der Waals surface area contributed by atoms with Gasteiger partial charge >= 0.3 is 6.18 Å². The molecule has 0 bridgehead atoms. The van der Waals surface area contributed by atoms with Gasteiger partial charge in [-0.3, -0.25) is 9.36 Å². The Morgan fingerprint density at radius 2 is 1.96 bits per heavy atom. The van der Waals surface area contributed by atoms with Crippen molar-refractivity contribution in [3.05, 3.63) is 52.7 Å². The van der Waals surface area contributed by atoms with Crippen molar-refractivity contribution in [2.75, 3.05) is 11.9 Å². The smallest absolute Gasteiger partial charge is 0.359 e. The van der Waals surface area contributed by atoms with E-state index in [-0.39, 0.29) is 11.4 Å². The number of anilines is 1. The van der Waals surface area contributed by atoms with Crippen molar-refractivity contribution in [1.29, 1.82) is 0 Å². The lowest BCUT2D eigenvalue weighted by Gasteiger charge is -2.09. The second kappa shape index (κ2) is 6.31. The highest BCUT2D eigenvalue weighted by Crippen LogP contribution is 2.34. The summed E-state index contributed by atoms with van der Waals surface area (Å²) in [6.07, 6.45) is -1.62. The molecule has 0 fully saturated rings. The number of thiophene rings is 1. The largest absolute Gasteiger partial charge is 0.405 e. The Bertz CT molecular complexity index is 1200. The van der Waals surface area contributed by atoms with Crippen molar-refractivity contribution in [2.45, 2.75) is 13.1 Å². The van der Waals surface area contributed by atoms with Crippen LogP contribution in [0.2, 0.25) is 0 Å². The topological polar surface area (TPSA) is 72.7 Å². The van der Waals surface area contributed by atoms with Gasteiger partial charge in [0.25, 0.3) is 5.56 Å². The summed E-state index contributed by atoms with van der Waals surface area (Å²) in [5.74, 6) is -0.0453. The first-order valence-corrected chi connectivity index (χ1v) is 8.68. The summed E-state index contributed by atoms with van der Waals surface area (Å²) in [6, 6.07) is 7.36. The zero-order valence-electron chi connectivity index (χ0n) is 13.9. The van der Waals surface area contributed by atoms with E-state index in [2.05, 4.69) is 20.5 Å². The highest BCUT2D eigenvalue weighted by atomic mass is 32.1. The molecule has 0 aliphatic heterocycles. The van der Waals surface area contributed by atoms with E-state index < -0.39 is 12.7 Å². The number of benzene rings is 1. The summed E-state index contributed by atoms with van der Waals surface area (Å²) >= 11 is 1.13. The second-order valence-corrected chi connectivity index (χ2v) is 6.99. The molecule has 3 heterocycles. The first-order valence-electron chi connectivity index (χ1n) is 7.87. The van der Waals surface area contributed by atoms with E-state index in [4.69, 9.17) is 0 Å². The molecular formula is C17H12F3N5OS. The quantitative estimate of drug-likeness (QED) is 0.577. The second-order valence-electron chi connectivity index (χ2n) is 5.94. The van der Waals surface area contributed by atoms with Crippen LogP contribution in [0.25, 0.3) is 26.0 Å². The van der Waals surface area contributed by atoms with Crippen LogP contribution < -0.4 is 10.9 Å². The number of rotatable bonds is 3. The van der Waals surface area contributed by atoms with Crippen LogP contribution in [0, 0.1) is 6.92 Å². The van der Waals surface area contributed by atoms with Gasteiger partial charge in [0.05, 0.1) is 22.0 Å². The minimum absolute atomic E-state index is 0.0453. The van der Waals surface area contributed by atoms with Crippen LogP contribution in [0.5, 0.6) is 0 Å². The maximum atomic E-state index is 12.9. The number of alkyl halides is 3. The van der Waals surface area contributed by atoms with Crippen molar-refractivity contribution >= 4 is 37.5 Å². The Balaban J connectivity index is 1.88. The van der Waals surface area contributed by atoms with Gasteiger partial charge in [0.15, 0.2) is 5.82 Å². The predicted molar refractivity (Wildman–Crippen MR) is 97.6 cm³/mol. The van der Waals surface area contributed by atoms with E-state index in [1.165, 1.54) is 17.1 Å². The van der Waals surface area contributed by atoms with Gasteiger partial charge in [-0.1, -0.05) is 17.7 Å². The summed E-state index contributed by atoms with van der Waals surface area (Å²) in [5.41, 5.74) is 1.72. The summed E-state index contributed by atoms with van der Waals surface area (Å²) in [5, 5.41) is 10.1. The number of aryl methyl sites for hydroxylation is 1. The van der Waals surface area contributed by atoms with E-state index in [0.717, 1.165) is 16.9 Å². The van der Waals surface area contributed by atoms with Gasteiger partial charge in [-0.25, -0.2) is 4.98 Å². The van der Waals surface area contributed by atoms with Crippen LogP contribution in [0.15, 0.2) is 41.6 Å². The molecule has 0 amide bonds. The Morgan fingerprint density at radius 3 is 2.67 bits per heavy atom. The molecule has 10 heteroatoms. The number of aromatic nitrogens is 4. The number of nitrogens with zero attached hydrogens (tertiary/aromatic N) is 4. The normalized spacial score (nSPS) is 12.0. The molecule has 27 heavy (non-hydrogen) atoms. The molecule has 4 rings (SSSR count). The van der Waals surface area contributed by atoms with E-state index >= 15 is 0 Å². The first kappa shape index (κ1) is 17.4. The minimum atomic E-state index is -4.40. The summed E-state index contributed by atoms with van der Waals surface area (Å²) in [6.45, 7) is 0.689. The summed E-state index contributed by atoms with van der Waals surface area (Å²) < 4.78 is 39.9. The Morgan fingerprint density at radius 1 is 1.22 bits per heavy atom. The van der Waals surface area contributed by atoms with Crippen molar-refractivity contribution in [1.82, 2.24) is 19.7 Å². The van der Waals surface area contributed by atoms with Gasteiger partial charge in [-0.15, -0.1) is 16.4 Å². The zero-order chi connectivity index (χ0) is 19.2. The average molecular weight is 391 g/mol. The fourth-order valence-electron chi connectivity index (χ4n) is 2.69. The number of fused-ring (bicyclic) bond motifs is 3. The molecule has 0 saturated carbocycles. The number of nitrogens with one attached hydrogen (secondary N) is 1. The molecule has 1 aromatic carbocycles. The van der Waals surface area contributed by atoms with Gasteiger partial charge in [0.1, 0.15) is 23.1 Å². The summed E-state index contributed by atoms with van der Waals surface area (Å²) in [7, 11) is 0. The number of halogens is 3. The monoisotopic (exact) mass is 391 g/mol. The third kappa shape index (κ3) is 3.23.